The van der Waals surface area contributed by atoms with Crippen molar-refractivity contribution in [3.8, 4) is 0 Å². The zero-order chi connectivity index (χ0) is 20.1. The zero-order valence-corrected chi connectivity index (χ0v) is 18.5. The Labute approximate surface area is 171 Å². The summed E-state index contributed by atoms with van der Waals surface area (Å²) in [5.41, 5.74) is 2.02. The van der Waals surface area contributed by atoms with E-state index in [1.54, 1.807) is 0 Å². The quantitative estimate of drug-likeness (QED) is 0.618. The first-order chi connectivity index (χ1) is 13.1. The van der Waals surface area contributed by atoms with E-state index < -0.39 is 5.79 Å². The van der Waals surface area contributed by atoms with Gasteiger partial charge in [-0.15, -0.1) is 0 Å². The molecule has 1 saturated heterocycles. The summed E-state index contributed by atoms with van der Waals surface area (Å²) in [6, 6.07) is 0. The van der Waals surface area contributed by atoms with Crippen LogP contribution in [0.4, 0.5) is 0 Å². The molecule has 1 heterocycles. The highest BCUT2D eigenvalue weighted by molar-refractivity contribution is 5.18. The van der Waals surface area contributed by atoms with Crippen LogP contribution in [-0.2, 0) is 9.47 Å². The van der Waals surface area contributed by atoms with Crippen molar-refractivity contribution < 1.29 is 14.6 Å². The molecule has 1 unspecified atom stereocenters. The van der Waals surface area contributed by atoms with Crippen LogP contribution in [0, 0.1) is 40.4 Å². The molecule has 5 fully saturated rings. The van der Waals surface area contributed by atoms with E-state index in [0.29, 0.717) is 35.0 Å². The van der Waals surface area contributed by atoms with Gasteiger partial charge >= 0.3 is 0 Å². The lowest BCUT2D eigenvalue weighted by molar-refractivity contribution is -0.188. The van der Waals surface area contributed by atoms with Crippen LogP contribution in [-0.4, -0.2) is 29.2 Å². The number of allylic oxidation sites excluding steroid dienone is 1. The van der Waals surface area contributed by atoms with Gasteiger partial charge in [-0.2, -0.15) is 0 Å². The molecule has 0 aromatic rings. The predicted molar refractivity (Wildman–Crippen MR) is 111 cm³/mol. The Morgan fingerprint density at radius 3 is 2.21 bits per heavy atom. The van der Waals surface area contributed by atoms with Crippen LogP contribution in [0.25, 0.3) is 0 Å². The summed E-state index contributed by atoms with van der Waals surface area (Å²) in [4.78, 5) is 0. The molecule has 0 amide bonds. The fourth-order valence-electron chi connectivity index (χ4n) is 8.97. The first kappa shape index (κ1) is 19.6. The summed E-state index contributed by atoms with van der Waals surface area (Å²) >= 11 is 0. The maximum Gasteiger partial charge on any atom is 0.163 e. The first-order valence-corrected chi connectivity index (χ1v) is 11.8. The van der Waals surface area contributed by atoms with E-state index in [1.807, 2.05) is 0 Å². The fourth-order valence-corrected chi connectivity index (χ4v) is 8.97. The Hall–Kier alpha value is -0.380. The Bertz CT molecular complexity index is 671. The van der Waals surface area contributed by atoms with Gasteiger partial charge in [0, 0.05) is 0 Å². The predicted octanol–water partition coefficient (Wildman–Crippen LogP) is 5.32. The standard InChI is InChI=1S/C25H40O3/c1-14(2)16-7-8-17-20-18(10-12-24(16,17)5)25(6)11-9-15(26)13-19(25)21-22(20)28-23(3,4)27-21/h15-22,26H,1,7-13H2,2-6H3/t15-,16?,17-,18-,19+,20-,21+,22+,24+,25+/m0/s1. The van der Waals surface area contributed by atoms with Crippen molar-refractivity contribution >= 4 is 0 Å². The summed E-state index contributed by atoms with van der Waals surface area (Å²) in [7, 11) is 0. The van der Waals surface area contributed by atoms with Gasteiger partial charge in [-0.1, -0.05) is 26.0 Å². The minimum absolute atomic E-state index is 0.141. The normalized spacial score (nSPS) is 57.1. The van der Waals surface area contributed by atoms with E-state index in [4.69, 9.17) is 9.47 Å². The third-order valence-electron chi connectivity index (χ3n) is 10.1. The molecule has 28 heavy (non-hydrogen) atoms. The topological polar surface area (TPSA) is 38.7 Å². The van der Waals surface area contributed by atoms with Crippen molar-refractivity contribution in [2.24, 2.45) is 40.4 Å². The lowest BCUT2D eigenvalue weighted by Crippen LogP contribution is -2.63. The second-order valence-electron chi connectivity index (χ2n) is 11.9. The van der Waals surface area contributed by atoms with Gasteiger partial charge in [-0.05, 0) is 106 Å². The molecule has 4 aliphatic carbocycles. The number of aliphatic hydroxyl groups is 1. The van der Waals surface area contributed by atoms with Crippen molar-refractivity contribution in [3.63, 3.8) is 0 Å². The first-order valence-electron chi connectivity index (χ1n) is 11.8. The van der Waals surface area contributed by atoms with Crippen LogP contribution >= 0.6 is 0 Å². The summed E-state index contributed by atoms with van der Waals surface area (Å²) in [6.45, 7) is 15.9. The molecule has 0 aromatic carbocycles. The Balaban J connectivity index is 1.57. The Kier molecular flexibility index (Phi) is 4.25. The van der Waals surface area contributed by atoms with Crippen molar-refractivity contribution in [2.45, 2.75) is 104 Å². The fraction of sp³-hybridized carbons (Fsp3) is 0.920. The minimum atomic E-state index is -0.506. The number of ether oxygens (including phenoxy) is 2. The number of hydrogen-bond acceptors (Lipinski definition) is 3. The van der Waals surface area contributed by atoms with E-state index in [-0.39, 0.29) is 23.7 Å². The molecule has 3 nitrogen and oxygen atoms in total. The van der Waals surface area contributed by atoms with Crippen molar-refractivity contribution in [3.05, 3.63) is 12.2 Å². The van der Waals surface area contributed by atoms with E-state index in [0.717, 1.165) is 19.3 Å². The molecule has 5 aliphatic rings. The van der Waals surface area contributed by atoms with Crippen molar-refractivity contribution in [2.75, 3.05) is 0 Å². The van der Waals surface area contributed by atoms with Gasteiger partial charge in [0.1, 0.15) is 0 Å². The van der Waals surface area contributed by atoms with Gasteiger partial charge < -0.3 is 14.6 Å². The van der Waals surface area contributed by atoms with Gasteiger partial charge in [0.25, 0.3) is 0 Å². The maximum absolute atomic E-state index is 10.5. The van der Waals surface area contributed by atoms with Gasteiger partial charge in [-0.3, -0.25) is 0 Å². The molecule has 10 atom stereocenters. The zero-order valence-electron chi connectivity index (χ0n) is 18.5. The van der Waals surface area contributed by atoms with E-state index in [1.165, 1.54) is 31.3 Å². The van der Waals surface area contributed by atoms with Crippen molar-refractivity contribution in [1.29, 1.82) is 0 Å². The molecule has 5 rings (SSSR count). The molecule has 0 spiro atoms. The number of rotatable bonds is 1. The van der Waals surface area contributed by atoms with Crippen LogP contribution in [0.15, 0.2) is 12.2 Å². The summed E-state index contributed by atoms with van der Waals surface area (Å²) in [6.07, 6.45) is 8.37. The number of fused-ring (bicyclic) bond motifs is 8. The second kappa shape index (κ2) is 6.08. The van der Waals surface area contributed by atoms with Gasteiger partial charge in [-0.25, -0.2) is 0 Å². The summed E-state index contributed by atoms with van der Waals surface area (Å²) in [5.74, 6) is 2.57. The van der Waals surface area contributed by atoms with Crippen LogP contribution in [0.3, 0.4) is 0 Å². The monoisotopic (exact) mass is 388 g/mol. The third-order valence-corrected chi connectivity index (χ3v) is 10.1. The molecule has 4 saturated carbocycles. The average molecular weight is 389 g/mol. The van der Waals surface area contributed by atoms with Crippen LogP contribution in [0.5, 0.6) is 0 Å². The highest BCUT2D eigenvalue weighted by atomic mass is 16.8. The van der Waals surface area contributed by atoms with E-state index in [2.05, 4.69) is 41.2 Å². The summed E-state index contributed by atoms with van der Waals surface area (Å²) < 4.78 is 13.3. The molecule has 0 radical (unpaired) electrons. The largest absolute Gasteiger partial charge is 0.393 e. The van der Waals surface area contributed by atoms with Crippen LogP contribution in [0.1, 0.15) is 79.6 Å². The molecule has 1 N–H and O–H groups in total. The smallest absolute Gasteiger partial charge is 0.163 e. The van der Waals surface area contributed by atoms with Gasteiger partial charge in [0.05, 0.1) is 18.3 Å². The summed E-state index contributed by atoms with van der Waals surface area (Å²) in [5, 5.41) is 10.5. The molecule has 0 bridgehead atoms. The Morgan fingerprint density at radius 2 is 1.50 bits per heavy atom. The van der Waals surface area contributed by atoms with Crippen molar-refractivity contribution in [1.82, 2.24) is 0 Å². The number of aliphatic hydroxyl groups excluding tert-OH is 1. The molecule has 3 heteroatoms. The second-order valence-corrected chi connectivity index (χ2v) is 11.9. The Morgan fingerprint density at radius 1 is 0.857 bits per heavy atom. The molecule has 1 aliphatic heterocycles. The van der Waals surface area contributed by atoms with E-state index >= 15 is 0 Å². The molecular formula is C25H40O3. The SMILES string of the molecule is C=C(C)C1CC[C@H]2[C@@H]3[C@H]4OC(C)(C)O[C@@H]4[C@H]4C[C@@H](O)CC[C@]4(C)[C@H]3CC[C@]12C. The lowest BCUT2D eigenvalue weighted by atomic mass is 9.43. The minimum Gasteiger partial charge on any atom is -0.393 e. The average Bonchev–Trinajstić information content (AvgIpc) is 3.12. The molecule has 0 aromatic heterocycles. The highest BCUT2D eigenvalue weighted by Crippen LogP contribution is 2.69. The van der Waals surface area contributed by atoms with Gasteiger partial charge in [0.2, 0.25) is 0 Å². The maximum atomic E-state index is 10.5. The van der Waals surface area contributed by atoms with E-state index in [9.17, 15) is 5.11 Å². The molecular weight excluding hydrogens is 348 g/mol. The van der Waals surface area contributed by atoms with Gasteiger partial charge in [0.15, 0.2) is 5.79 Å². The lowest BCUT2D eigenvalue weighted by Gasteiger charge is -2.63. The number of hydrogen-bond donors (Lipinski definition) is 1. The highest BCUT2D eigenvalue weighted by Gasteiger charge is 2.68. The third kappa shape index (κ3) is 2.51. The van der Waals surface area contributed by atoms with Crippen LogP contribution < -0.4 is 0 Å². The van der Waals surface area contributed by atoms with Crippen LogP contribution in [0.2, 0.25) is 0 Å². The molecule has 158 valence electrons.